The summed E-state index contributed by atoms with van der Waals surface area (Å²) in [5, 5.41) is 4.51. The predicted octanol–water partition coefficient (Wildman–Crippen LogP) is 5.02. The third kappa shape index (κ3) is 4.46. The van der Waals surface area contributed by atoms with Crippen LogP contribution in [0.3, 0.4) is 0 Å². The molecule has 0 atom stereocenters. The van der Waals surface area contributed by atoms with Crippen molar-refractivity contribution in [3.05, 3.63) is 48.0 Å². The number of H-pyrrole nitrogens is 1. The number of hydrogen-bond acceptors (Lipinski definition) is 4. The number of ether oxygens (including phenoxy) is 1. The Balaban J connectivity index is 1.41. The quantitative estimate of drug-likeness (QED) is 0.606. The first-order valence-electron chi connectivity index (χ1n) is 11.4. The topological polar surface area (TPSA) is 53.2 Å². The molecule has 5 nitrogen and oxygen atoms in total. The van der Waals surface area contributed by atoms with Gasteiger partial charge in [-0.2, -0.15) is 0 Å². The van der Waals surface area contributed by atoms with E-state index >= 15 is 0 Å². The molecule has 4 heterocycles. The van der Waals surface area contributed by atoms with E-state index in [0.29, 0.717) is 17.4 Å². The van der Waals surface area contributed by atoms with Crippen LogP contribution in [0.5, 0.6) is 0 Å². The molecule has 3 aromatic rings. The molecule has 0 spiro atoms. The number of benzene rings is 1. The number of aromatic nitrogens is 2. The van der Waals surface area contributed by atoms with Crippen LogP contribution in [0.2, 0.25) is 0 Å². The summed E-state index contributed by atoms with van der Waals surface area (Å²) in [7, 11) is 2.17. The van der Waals surface area contributed by atoms with Crippen molar-refractivity contribution < 1.29 is 9.13 Å². The highest BCUT2D eigenvalue weighted by Gasteiger charge is 2.21. The minimum Gasteiger partial charge on any atom is -0.385 e. The van der Waals surface area contributed by atoms with Gasteiger partial charge >= 0.3 is 0 Å². The van der Waals surface area contributed by atoms with Crippen LogP contribution in [0.25, 0.3) is 22.2 Å². The summed E-state index contributed by atoms with van der Waals surface area (Å²) >= 11 is 0. The first-order valence-corrected chi connectivity index (χ1v) is 11.4. The molecule has 0 amide bonds. The highest BCUT2D eigenvalue weighted by Crippen LogP contribution is 2.35. The first-order chi connectivity index (χ1) is 15.2. The molecule has 0 radical (unpaired) electrons. The van der Waals surface area contributed by atoms with Gasteiger partial charge in [-0.15, -0.1) is 0 Å². The van der Waals surface area contributed by atoms with Gasteiger partial charge in [-0.25, -0.2) is 9.37 Å². The van der Waals surface area contributed by atoms with Gasteiger partial charge in [0.05, 0.1) is 0 Å². The lowest BCUT2D eigenvalue weighted by Gasteiger charge is -2.28. The van der Waals surface area contributed by atoms with E-state index < -0.39 is 0 Å². The van der Waals surface area contributed by atoms with Gasteiger partial charge in [-0.1, -0.05) is 0 Å². The van der Waals surface area contributed by atoms with Gasteiger partial charge in [0.2, 0.25) is 0 Å². The normalized spacial score (nSPS) is 19.2. The lowest BCUT2D eigenvalue weighted by molar-refractivity contribution is 0.0699. The SMILES string of the molecule is CN1CCC(c2cc3c(-c4cc(NCC5CCOCC5)ccc4F)ccnc3[nH]2)CC1. The standard InChI is InChI=1S/C25H31FN4O/c1-30-10-5-18(6-11-30)24-15-22-20(4-9-27-25(22)29-24)21-14-19(2-3-23(21)26)28-16-17-7-12-31-13-8-17/h2-4,9,14-15,17-18,28H,5-8,10-13,16H2,1H3,(H,27,29). The van der Waals surface area contributed by atoms with Crippen molar-refractivity contribution in [1.29, 1.82) is 0 Å². The van der Waals surface area contributed by atoms with E-state index in [2.05, 4.69) is 33.3 Å². The Morgan fingerprint density at radius 3 is 2.71 bits per heavy atom. The van der Waals surface area contributed by atoms with Gasteiger partial charge in [0.15, 0.2) is 0 Å². The Morgan fingerprint density at radius 1 is 1.10 bits per heavy atom. The maximum Gasteiger partial charge on any atom is 0.138 e. The van der Waals surface area contributed by atoms with Crippen LogP contribution in [0.15, 0.2) is 36.5 Å². The smallest absolute Gasteiger partial charge is 0.138 e. The number of likely N-dealkylation sites (tertiary alicyclic amines) is 1. The van der Waals surface area contributed by atoms with Crippen LogP contribution in [-0.2, 0) is 4.74 Å². The van der Waals surface area contributed by atoms with Gasteiger partial charge < -0.3 is 19.9 Å². The molecular formula is C25H31FN4O. The molecule has 164 valence electrons. The van der Waals surface area contributed by atoms with Crippen LogP contribution < -0.4 is 5.32 Å². The number of piperidine rings is 1. The van der Waals surface area contributed by atoms with Gasteiger partial charge in [-0.05, 0) is 87.6 Å². The Kier molecular flexibility index (Phi) is 5.92. The van der Waals surface area contributed by atoms with Crippen LogP contribution in [0.4, 0.5) is 10.1 Å². The first kappa shape index (κ1) is 20.5. The number of aromatic amines is 1. The van der Waals surface area contributed by atoms with Crippen molar-refractivity contribution in [2.24, 2.45) is 5.92 Å². The summed E-state index contributed by atoms with van der Waals surface area (Å²) in [6.45, 7) is 4.78. The highest BCUT2D eigenvalue weighted by molar-refractivity contribution is 5.94. The molecule has 0 unspecified atom stereocenters. The molecule has 31 heavy (non-hydrogen) atoms. The number of nitrogens with zero attached hydrogens (tertiary/aromatic N) is 2. The molecule has 1 aromatic carbocycles. The lowest BCUT2D eigenvalue weighted by Crippen LogP contribution is -2.29. The largest absolute Gasteiger partial charge is 0.385 e. The maximum atomic E-state index is 14.9. The molecule has 2 fully saturated rings. The zero-order valence-electron chi connectivity index (χ0n) is 18.2. The Bertz CT molecular complexity index is 1040. The van der Waals surface area contributed by atoms with Crippen molar-refractivity contribution >= 4 is 16.7 Å². The number of rotatable bonds is 5. The van der Waals surface area contributed by atoms with E-state index in [9.17, 15) is 4.39 Å². The van der Waals surface area contributed by atoms with Gasteiger partial charge in [-0.3, -0.25) is 0 Å². The number of pyridine rings is 1. The summed E-state index contributed by atoms with van der Waals surface area (Å²) in [6.07, 6.45) is 6.20. The van der Waals surface area contributed by atoms with Gasteiger partial charge in [0.1, 0.15) is 11.5 Å². The Morgan fingerprint density at radius 2 is 1.90 bits per heavy atom. The number of fused-ring (bicyclic) bond motifs is 1. The second-order valence-corrected chi connectivity index (χ2v) is 9.05. The third-order valence-electron chi connectivity index (χ3n) is 6.90. The second kappa shape index (κ2) is 8.97. The zero-order valence-corrected chi connectivity index (χ0v) is 18.2. The van der Waals surface area contributed by atoms with Crippen molar-refractivity contribution in [1.82, 2.24) is 14.9 Å². The second-order valence-electron chi connectivity index (χ2n) is 9.05. The van der Waals surface area contributed by atoms with E-state index in [0.717, 1.165) is 80.8 Å². The average molecular weight is 423 g/mol. The molecule has 2 saturated heterocycles. The highest BCUT2D eigenvalue weighted by atomic mass is 19.1. The Hall–Kier alpha value is -2.44. The van der Waals surface area contributed by atoms with Crippen LogP contribution in [0.1, 0.15) is 37.3 Å². The molecule has 2 aliphatic heterocycles. The van der Waals surface area contributed by atoms with E-state index in [1.807, 2.05) is 18.2 Å². The number of nitrogens with one attached hydrogen (secondary N) is 2. The lowest BCUT2D eigenvalue weighted by atomic mass is 9.93. The van der Waals surface area contributed by atoms with Crippen molar-refractivity contribution in [3.8, 4) is 11.1 Å². The van der Waals surface area contributed by atoms with Crippen LogP contribution >= 0.6 is 0 Å². The molecule has 2 aliphatic rings. The number of anilines is 1. The third-order valence-corrected chi connectivity index (χ3v) is 6.90. The minimum absolute atomic E-state index is 0.203. The average Bonchev–Trinajstić information content (AvgIpc) is 3.24. The summed E-state index contributed by atoms with van der Waals surface area (Å²) in [5.74, 6) is 0.915. The molecule has 0 saturated carbocycles. The summed E-state index contributed by atoms with van der Waals surface area (Å²) in [5.41, 5.74) is 4.54. The molecule has 2 N–H and O–H groups in total. The molecule has 2 aromatic heterocycles. The van der Waals surface area contributed by atoms with E-state index in [-0.39, 0.29) is 5.82 Å². The summed E-state index contributed by atoms with van der Waals surface area (Å²) in [6, 6.07) is 9.45. The fourth-order valence-corrected chi connectivity index (χ4v) is 4.88. The zero-order chi connectivity index (χ0) is 21.2. The van der Waals surface area contributed by atoms with Gasteiger partial charge in [0, 0.05) is 54.2 Å². The summed E-state index contributed by atoms with van der Waals surface area (Å²) in [4.78, 5) is 10.4. The Labute approximate surface area is 183 Å². The number of hydrogen-bond donors (Lipinski definition) is 2. The molecule has 0 aliphatic carbocycles. The maximum absolute atomic E-state index is 14.9. The minimum atomic E-state index is -0.203. The fourth-order valence-electron chi connectivity index (χ4n) is 4.88. The van der Waals surface area contributed by atoms with E-state index in [1.165, 1.54) is 5.69 Å². The van der Waals surface area contributed by atoms with E-state index in [1.54, 1.807) is 12.3 Å². The molecule has 6 heteroatoms. The predicted molar refractivity (Wildman–Crippen MR) is 123 cm³/mol. The van der Waals surface area contributed by atoms with Gasteiger partial charge in [0.25, 0.3) is 0 Å². The molecule has 5 rings (SSSR count). The molecular weight excluding hydrogens is 391 g/mol. The van der Waals surface area contributed by atoms with Crippen molar-refractivity contribution in [3.63, 3.8) is 0 Å². The summed E-state index contributed by atoms with van der Waals surface area (Å²) < 4.78 is 20.3. The van der Waals surface area contributed by atoms with Crippen LogP contribution in [0, 0.1) is 11.7 Å². The fraction of sp³-hybridized carbons (Fsp3) is 0.480. The number of halogens is 1. The monoisotopic (exact) mass is 422 g/mol. The van der Waals surface area contributed by atoms with Crippen molar-refractivity contribution in [2.45, 2.75) is 31.6 Å². The van der Waals surface area contributed by atoms with Crippen LogP contribution in [-0.4, -0.2) is 54.8 Å². The van der Waals surface area contributed by atoms with E-state index in [4.69, 9.17) is 4.74 Å². The molecule has 0 bridgehead atoms. The van der Waals surface area contributed by atoms with Crippen molar-refractivity contribution in [2.75, 3.05) is 45.2 Å².